The summed E-state index contributed by atoms with van der Waals surface area (Å²) in [6.07, 6.45) is 0.870. The number of piperazine rings is 1. The first-order chi connectivity index (χ1) is 19.0. The largest absolute Gasteiger partial charge is 0.572 e. The third kappa shape index (κ3) is 8.03. The normalized spacial score (nSPS) is 16.0. The Labute approximate surface area is 235 Å². The van der Waals surface area contributed by atoms with E-state index in [4.69, 9.17) is 8.92 Å². The topological polar surface area (TPSA) is 124 Å². The van der Waals surface area contributed by atoms with Crippen LogP contribution in [0.5, 0.6) is 5.75 Å². The zero-order valence-corrected chi connectivity index (χ0v) is 23.6. The minimum Gasteiger partial charge on any atom is -0.572 e. The van der Waals surface area contributed by atoms with Gasteiger partial charge in [0.25, 0.3) is 15.5 Å². The Balaban J connectivity index is 1.44. The van der Waals surface area contributed by atoms with Gasteiger partial charge in [-0.1, -0.05) is 40.6 Å². The van der Waals surface area contributed by atoms with Crippen LogP contribution in [0.1, 0.15) is 26.3 Å². The van der Waals surface area contributed by atoms with Crippen molar-refractivity contribution in [1.29, 1.82) is 0 Å². The van der Waals surface area contributed by atoms with Gasteiger partial charge in [0.1, 0.15) is 11.6 Å². The number of aromatic nitrogens is 1. The summed E-state index contributed by atoms with van der Waals surface area (Å²) in [5.41, 5.74) is 1.09. The molecule has 1 N–H and O–H groups in total. The van der Waals surface area contributed by atoms with E-state index in [9.17, 15) is 18.4 Å². The molecule has 4 rings (SSSR count). The number of ether oxygens (including phenoxy) is 1. The van der Waals surface area contributed by atoms with E-state index >= 15 is 0 Å². The van der Waals surface area contributed by atoms with Crippen LogP contribution in [0.2, 0.25) is 0 Å². The van der Waals surface area contributed by atoms with Crippen LogP contribution < -0.4 is 14.4 Å². The van der Waals surface area contributed by atoms with Crippen molar-refractivity contribution in [3.63, 3.8) is 0 Å². The molecule has 1 saturated heterocycles. The highest BCUT2D eigenvalue weighted by molar-refractivity contribution is 7.93. The molecule has 1 aliphatic rings. The standard InChI is InChI=1S/C29H34N4O6S/c1-29(2,3)38-28(35)31-25(27(34)33-19-17-32(18-20-33)23-9-5-4-6-10-23)21-22-12-14-24(15-13-22)39-40(36,37)26-11-7-8-16-30-26/h4-16,25H,17-21H2,1-3H3,(H-,31,35,36,37)/t25-/m0/s1. The van der Waals surface area contributed by atoms with Crippen LogP contribution >= 0.6 is 0 Å². The predicted molar refractivity (Wildman–Crippen MR) is 150 cm³/mol. The maximum Gasteiger partial charge on any atom is 0.408 e. The van der Waals surface area contributed by atoms with Crippen molar-refractivity contribution in [2.75, 3.05) is 31.1 Å². The van der Waals surface area contributed by atoms with Crippen LogP contribution in [0.3, 0.4) is 0 Å². The second kappa shape index (κ2) is 12.5. The maximum atomic E-state index is 13.6. The number of hydrogen-bond acceptors (Lipinski definition) is 8. The number of benzene rings is 2. The molecule has 1 aliphatic heterocycles. The van der Waals surface area contributed by atoms with Gasteiger partial charge in [-0.05, 0) is 56.7 Å². The van der Waals surface area contributed by atoms with Crippen LogP contribution in [0, 0.1) is 0 Å². The smallest absolute Gasteiger partial charge is 0.408 e. The van der Waals surface area contributed by atoms with Crippen molar-refractivity contribution in [3.8, 4) is 5.75 Å². The molecular weight excluding hydrogens is 532 g/mol. The Morgan fingerprint density at radius 2 is 1.62 bits per heavy atom. The van der Waals surface area contributed by atoms with Crippen molar-refractivity contribution < 1.29 is 27.3 Å². The summed E-state index contributed by atoms with van der Waals surface area (Å²) < 4.78 is 35.6. The van der Waals surface area contributed by atoms with Crippen LogP contribution in [0.15, 0.2) is 84.0 Å². The lowest BCUT2D eigenvalue weighted by Crippen LogP contribution is -2.56. The number of carbonyl (C=O) groups excluding carboxylic acids is 2. The van der Waals surface area contributed by atoms with Crippen LogP contribution in [-0.2, 0) is 30.7 Å². The lowest BCUT2D eigenvalue weighted by atomic mass is 10.0. The molecule has 0 radical (unpaired) electrons. The summed E-state index contributed by atoms with van der Waals surface area (Å²) in [5.74, 6) is -0.106. The lowest BCUT2D eigenvalue weighted by Gasteiger charge is -2.37. The van der Waals surface area contributed by atoms with Gasteiger partial charge in [0.2, 0.25) is 5.91 Å². The maximum absolute atomic E-state index is 13.6. The zero-order valence-electron chi connectivity index (χ0n) is 22.8. The van der Waals surface area contributed by atoms with Crippen molar-refractivity contribution in [2.45, 2.75) is 43.9 Å². The van der Waals surface area contributed by atoms with Gasteiger partial charge >= 0.3 is 6.09 Å². The van der Waals surface area contributed by atoms with Gasteiger partial charge in [0, 0.05) is 50.6 Å². The summed E-state index contributed by atoms with van der Waals surface area (Å²) in [6.45, 7) is 7.63. The van der Waals surface area contributed by atoms with Crippen molar-refractivity contribution in [3.05, 3.63) is 84.6 Å². The van der Waals surface area contributed by atoms with Gasteiger partial charge in [0.05, 0.1) is 0 Å². The number of rotatable bonds is 8. The molecule has 2 aromatic carbocycles. The van der Waals surface area contributed by atoms with Crippen molar-refractivity contribution in [2.24, 2.45) is 0 Å². The van der Waals surface area contributed by atoms with Gasteiger partial charge < -0.3 is 24.4 Å². The average Bonchev–Trinajstić information content (AvgIpc) is 2.93. The number of carbonyl (C=O) groups is 2. The SMILES string of the molecule is CC(C)(C)OC(=O)N[C@@H](Cc1ccc(O[S+](=O)([O-])c2ccccn2)cc1)C(=O)N1CCN(c2ccccc2)CC1. The third-order valence-electron chi connectivity index (χ3n) is 6.16. The van der Waals surface area contributed by atoms with Gasteiger partial charge in [-0.3, -0.25) is 8.98 Å². The first kappa shape index (κ1) is 29.0. The molecule has 11 heteroatoms. The minimum atomic E-state index is -4.08. The lowest BCUT2D eigenvalue weighted by molar-refractivity contribution is -0.133. The van der Waals surface area contributed by atoms with Crippen molar-refractivity contribution in [1.82, 2.24) is 15.2 Å². The summed E-state index contributed by atoms with van der Waals surface area (Å²) in [6, 6.07) is 20.0. The molecule has 0 saturated carbocycles. The van der Waals surface area contributed by atoms with E-state index < -0.39 is 28.2 Å². The molecule has 3 aromatic rings. The number of hydrogen-bond donors (Lipinski definition) is 1. The molecular formula is C29H34N4O6S. The fourth-order valence-corrected chi connectivity index (χ4v) is 5.16. The first-order valence-electron chi connectivity index (χ1n) is 13.0. The van der Waals surface area contributed by atoms with Gasteiger partial charge in [-0.2, -0.15) is 0 Å². The molecule has 40 heavy (non-hydrogen) atoms. The number of nitrogens with zero attached hydrogens (tertiary/aromatic N) is 3. The van der Waals surface area contributed by atoms with Crippen LogP contribution in [0.25, 0.3) is 0 Å². The Bertz CT molecular complexity index is 1320. The van der Waals surface area contributed by atoms with E-state index in [1.165, 1.54) is 24.4 Å². The molecule has 212 valence electrons. The quantitative estimate of drug-likeness (QED) is 0.408. The summed E-state index contributed by atoms with van der Waals surface area (Å²) in [4.78, 5) is 34.0. The average molecular weight is 567 g/mol. The number of nitrogens with one attached hydrogen (secondary N) is 1. The number of amides is 2. The molecule has 2 heterocycles. The molecule has 2 atom stereocenters. The Hall–Kier alpha value is -3.96. The first-order valence-corrected chi connectivity index (χ1v) is 14.4. The summed E-state index contributed by atoms with van der Waals surface area (Å²) >= 11 is 0. The highest BCUT2D eigenvalue weighted by Crippen LogP contribution is 2.22. The van der Waals surface area contributed by atoms with Crippen LogP contribution in [-0.4, -0.2) is 64.3 Å². The summed E-state index contributed by atoms with van der Waals surface area (Å²) in [7, 11) is -4.08. The zero-order chi connectivity index (χ0) is 28.8. The molecule has 2 amide bonds. The highest BCUT2D eigenvalue weighted by atomic mass is 32.3. The monoisotopic (exact) mass is 566 g/mol. The van der Waals surface area contributed by atoms with Gasteiger partial charge in [-0.15, -0.1) is 0 Å². The molecule has 10 nitrogen and oxygen atoms in total. The van der Waals surface area contributed by atoms with E-state index in [2.05, 4.69) is 15.2 Å². The summed E-state index contributed by atoms with van der Waals surface area (Å²) in [5, 5.41) is 2.54. The number of anilines is 1. The molecule has 1 unspecified atom stereocenters. The number of para-hydroxylation sites is 1. The Morgan fingerprint density at radius 3 is 2.23 bits per heavy atom. The minimum absolute atomic E-state index is 0.106. The van der Waals surface area contributed by atoms with Gasteiger partial charge in [0.15, 0.2) is 5.75 Å². The Morgan fingerprint density at radius 1 is 0.975 bits per heavy atom. The molecule has 0 aliphatic carbocycles. The second-order valence-corrected chi connectivity index (χ2v) is 11.9. The number of pyridine rings is 1. The highest BCUT2D eigenvalue weighted by Gasteiger charge is 2.31. The van der Waals surface area contributed by atoms with E-state index in [-0.39, 0.29) is 23.1 Å². The molecule has 1 fully saturated rings. The van der Waals surface area contributed by atoms with E-state index in [1.54, 1.807) is 49.9 Å². The molecule has 1 aromatic heterocycles. The Kier molecular flexibility index (Phi) is 9.06. The fourth-order valence-electron chi connectivity index (χ4n) is 4.28. The van der Waals surface area contributed by atoms with Gasteiger partial charge in [-0.25, -0.2) is 9.78 Å². The van der Waals surface area contributed by atoms with E-state index in [0.717, 1.165) is 5.69 Å². The van der Waals surface area contributed by atoms with Crippen LogP contribution in [0.4, 0.5) is 10.5 Å². The second-order valence-electron chi connectivity index (χ2n) is 10.4. The fraction of sp³-hybridized carbons (Fsp3) is 0.345. The van der Waals surface area contributed by atoms with Crippen molar-refractivity contribution >= 4 is 28.2 Å². The third-order valence-corrected chi connectivity index (χ3v) is 7.33. The molecule has 0 bridgehead atoms. The number of alkyl carbamates (subject to hydrolysis) is 1. The molecule has 0 spiro atoms. The predicted octanol–water partition coefficient (Wildman–Crippen LogP) is 3.85. The van der Waals surface area contributed by atoms with E-state index in [0.29, 0.717) is 31.7 Å². The van der Waals surface area contributed by atoms with E-state index in [1.807, 2.05) is 30.3 Å².